The molecule has 0 bridgehead atoms. The molecule has 0 radical (unpaired) electrons. The fourth-order valence-electron chi connectivity index (χ4n) is 1.39. The highest BCUT2D eigenvalue weighted by molar-refractivity contribution is 7.84. The Morgan fingerprint density at radius 3 is 2.40 bits per heavy atom. The lowest BCUT2D eigenvalue weighted by Gasteiger charge is -2.25. The van der Waals surface area contributed by atoms with Crippen LogP contribution in [0.15, 0.2) is 0 Å². The van der Waals surface area contributed by atoms with E-state index in [9.17, 15) is 13.8 Å². The molecule has 15 heavy (non-hydrogen) atoms. The van der Waals surface area contributed by atoms with Gasteiger partial charge in [0, 0.05) is 28.9 Å². The molecule has 86 valence electrons. The van der Waals surface area contributed by atoms with Gasteiger partial charge in [-0.05, 0) is 6.42 Å². The minimum atomic E-state index is -0.844. The van der Waals surface area contributed by atoms with Crippen molar-refractivity contribution in [2.75, 3.05) is 25.9 Å². The molecule has 0 saturated carbocycles. The normalized spacial score (nSPS) is 22.3. The van der Waals surface area contributed by atoms with Crippen LogP contribution >= 0.6 is 0 Å². The standard InChI is InChI=1S/C9H16N2O3S/c1-7(15(2)14)3-4-11-5-8(12)10-9(13)6-11/h7H,3-6H2,1-2H3,(H,10,12,13). The molecule has 5 nitrogen and oxygen atoms in total. The number of imide groups is 1. The Balaban J connectivity index is 2.35. The van der Waals surface area contributed by atoms with E-state index in [0.717, 1.165) is 6.42 Å². The van der Waals surface area contributed by atoms with Gasteiger partial charge in [-0.1, -0.05) is 6.92 Å². The zero-order valence-corrected chi connectivity index (χ0v) is 9.80. The minimum Gasteiger partial charge on any atom is -0.294 e. The second-order valence-corrected chi connectivity index (χ2v) is 5.58. The van der Waals surface area contributed by atoms with Gasteiger partial charge in [0.2, 0.25) is 11.8 Å². The Hall–Kier alpha value is -0.750. The van der Waals surface area contributed by atoms with Crippen LogP contribution in [0.4, 0.5) is 0 Å². The lowest BCUT2D eigenvalue weighted by Crippen LogP contribution is -2.51. The molecule has 0 aliphatic carbocycles. The van der Waals surface area contributed by atoms with Crippen LogP contribution in [0.1, 0.15) is 13.3 Å². The largest absolute Gasteiger partial charge is 0.294 e. The number of carbonyl (C=O) groups excluding carboxylic acids is 2. The van der Waals surface area contributed by atoms with Gasteiger partial charge < -0.3 is 0 Å². The molecule has 0 aromatic rings. The fraction of sp³-hybridized carbons (Fsp3) is 0.778. The lowest BCUT2D eigenvalue weighted by molar-refractivity contribution is -0.136. The molecule has 1 aliphatic heterocycles. The second kappa shape index (κ2) is 5.37. The van der Waals surface area contributed by atoms with Crippen molar-refractivity contribution in [3.05, 3.63) is 0 Å². The van der Waals surface area contributed by atoms with E-state index < -0.39 is 10.8 Å². The first-order valence-corrected chi connectivity index (χ1v) is 6.48. The van der Waals surface area contributed by atoms with Crippen molar-refractivity contribution < 1.29 is 13.8 Å². The summed E-state index contributed by atoms with van der Waals surface area (Å²) in [5, 5.41) is 2.34. The van der Waals surface area contributed by atoms with E-state index >= 15 is 0 Å². The number of rotatable bonds is 4. The Kier molecular flexibility index (Phi) is 4.41. The molecule has 1 aliphatic rings. The third-order valence-corrected chi connectivity index (χ3v) is 3.80. The molecule has 1 heterocycles. The fourth-order valence-corrected chi connectivity index (χ4v) is 1.82. The number of hydrogen-bond donors (Lipinski definition) is 1. The maximum atomic E-state index is 11.1. The van der Waals surface area contributed by atoms with E-state index in [1.807, 2.05) is 6.92 Å². The van der Waals surface area contributed by atoms with Gasteiger partial charge in [-0.2, -0.15) is 0 Å². The van der Waals surface area contributed by atoms with Gasteiger partial charge >= 0.3 is 0 Å². The molecule has 2 atom stereocenters. The SMILES string of the molecule is CC(CCN1CC(=O)NC(=O)C1)S(C)=O. The molecule has 6 heteroatoms. The summed E-state index contributed by atoms with van der Waals surface area (Å²) in [6.07, 6.45) is 2.41. The third-order valence-electron chi connectivity index (χ3n) is 2.43. The number of amides is 2. The van der Waals surface area contributed by atoms with Gasteiger partial charge in [-0.3, -0.25) is 24.0 Å². The molecule has 0 spiro atoms. The average molecular weight is 232 g/mol. The molecule has 2 unspecified atom stereocenters. The Bertz CT molecular complexity index is 277. The van der Waals surface area contributed by atoms with Crippen LogP contribution in [0, 0.1) is 0 Å². The van der Waals surface area contributed by atoms with Gasteiger partial charge in [0.15, 0.2) is 0 Å². The molecule has 1 N–H and O–H groups in total. The Morgan fingerprint density at radius 1 is 1.40 bits per heavy atom. The van der Waals surface area contributed by atoms with E-state index in [1.54, 1.807) is 11.2 Å². The molecular weight excluding hydrogens is 216 g/mol. The summed E-state index contributed by atoms with van der Waals surface area (Å²) in [5.74, 6) is -0.506. The van der Waals surface area contributed by atoms with Crippen LogP contribution in [0.3, 0.4) is 0 Å². The van der Waals surface area contributed by atoms with Crippen molar-refractivity contribution in [1.82, 2.24) is 10.2 Å². The van der Waals surface area contributed by atoms with E-state index in [4.69, 9.17) is 0 Å². The first-order chi connectivity index (χ1) is 6.99. The van der Waals surface area contributed by atoms with Crippen LogP contribution in [-0.2, 0) is 20.4 Å². The van der Waals surface area contributed by atoms with Gasteiger partial charge in [0.25, 0.3) is 0 Å². The van der Waals surface area contributed by atoms with Crippen LogP contribution in [-0.4, -0.2) is 52.1 Å². The summed E-state index contributed by atoms with van der Waals surface area (Å²) in [6.45, 7) is 3.06. The van der Waals surface area contributed by atoms with E-state index in [1.165, 1.54) is 0 Å². The molecule has 1 fully saturated rings. The smallest absolute Gasteiger partial charge is 0.240 e. The minimum absolute atomic E-state index is 0.102. The summed E-state index contributed by atoms with van der Waals surface area (Å²) in [5.41, 5.74) is 0. The second-order valence-electron chi connectivity index (χ2n) is 3.78. The molecule has 0 aromatic heterocycles. The quantitative estimate of drug-likeness (QED) is 0.638. The van der Waals surface area contributed by atoms with Gasteiger partial charge in [0.05, 0.1) is 13.1 Å². The number of nitrogens with one attached hydrogen (secondary N) is 1. The van der Waals surface area contributed by atoms with Crippen molar-refractivity contribution in [2.45, 2.75) is 18.6 Å². The van der Waals surface area contributed by atoms with Crippen molar-refractivity contribution in [1.29, 1.82) is 0 Å². The van der Waals surface area contributed by atoms with Crippen molar-refractivity contribution in [3.8, 4) is 0 Å². The monoisotopic (exact) mass is 232 g/mol. The van der Waals surface area contributed by atoms with Crippen LogP contribution in [0.2, 0.25) is 0 Å². The molecule has 0 aromatic carbocycles. The van der Waals surface area contributed by atoms with Crippen LogP contribution in [0.25, 0.3) is 0 Å². The van der Waals surface area contributed by atoms with Crippen LogP contribution < -0.4 is 5.32 Å². The van der Waals surface area contributed by atoms with Crippen molar-refractivity contribution in [3.63, 3.8) is 0 Å². The number of hydrogen-bond acceptors (Lipinski definition) is 4. The lowest BCUT2D eigenvalue weighted by atomic mass is 10.2. The molecule has 1 rings (SSSR count). The zero-order valence-electron chi connectivity index (χ0n) is 8.99. The number of nitrogens with zero attached hydrogens (tertiary/aromatic N) is 1. The van der Waals surface area contributed by atoms with Crippen molar-refractivity contribution >= 4 is 22.6 Å². The summed E-state index contributed by atoms with van der Waals surface area (Å²) in [4.78, 5) is 23.8. The zero-order chi connectivity index (χ0) is 11.4. The predicted octanol–water partition coefficient (Wildman–Crippen LogP) is -0.898. The third kappa shape index (κ3) is 4.09. The topological polar surface area (TPSA) is 66.5 Å². The highest BCUT2D eigenvalue weighted by Gasteiger charge is 2.22. The first kappa shape index (κ1) is 12.3. The summed E-state index contributed by atoms with van der Waals surface area (Å²) < 4.78 is 11.1. The molecular formula is C9H16N2O3S. The average Bonchev–Trinajstić information content (AvgIpc) is 2.12. The van der Waals surface area contributed by atoms with Gasteiger partial charge in [-0.15, -0.1) is 0 Å². The maximum Gasteiger partial charge on any atom is 0.240 e. The highest BCUT2D eigenvalue weighted by Crippen LogP contribution is 2.03. The Labute approximate surface area is 91.7 Å². The van der Waals surface area contributed by atoms with Gasteiger partial charge in [-0.25, -0.2) is 0 Å². The summed E-state index contributed by atoms with van der Waals surface area (Å²) in [6, 6.07) is 0. The number of piperazine rings is 1. The summed E-state index contributed by atoms with van der Waals surface area (Å²) in [7, 11) is -0.844. The van der Waals surface area contributed by atoms with Crippen molar-refractivity contribution in [2.24, 2.45) is 0 Å². The van der Waals surface area contributed by atoms with E-state index in [0.29, 0.717) is 6.54 Å². The van der Waals surface area contributed by atoms with Crippen LogP contribution in [0.5, 0.6) is 0 Å². The van der Waals surface area contributed by atoms with E-state index in [-0.39, 0.29) is 30.2 Å². The summed E-state index contributed by atoms with van der Waals surface area (Å²) >= 11 is 0. The first-order valence-electron chi connectivity index (χ1n) is 4.86. The number of carbonyl (C=O) groups is 2. The maximum absolute atomic E-state index is 11.1. The molecule has 1 saturated heterocycles. The highest BCUT2D eigenvalue weighted by atomic mass is 32.2. The Morgan fingerprint density at radius 2 is 1.93 bits per heavy atom. The molecule has 2 amide bonds. The van der Waals surface area contributed by atoms with Gasteiger partial charge in [0.1, 0.15) is 0 Å². The van der Waals surface area contributed by atoms with E-state index in [2.05, 4.69) is 5.32 Å². The predicted molar refractivity (Wildman–Crippen MR) is 57.7 cm³/mol.